The summed E-state index contributed by atoms with van der Waals surface area (Å²) in [5.74, 6) is -0.545. The van der Waals surface area contributed by atoms with Crippen molar-refractivity contribution in [2.24, 2.45) is 5.92 Å². The number of fused-ring (bicyclic) bond motifs is 1. The second-order valence-corrected chi connectivity index (χ2v) is 11.9. The highest BCUT2D eigenvalue weighted by molar-refractivity contribution is 7.89. The number of nitrogens with one attached hydrogen (secondary N) is 1. The molecule has 2 N–H and O–H groups in total. The summed E-state index contributed by atoms with van der Waals surface area (Å²) in [6, 6.07) is 17.3. The zero-order chi connectivity index (χ0) is 28.3. The first-order valence-electron chi connectivity index (χ1n) is 12.8. The molecular weight excluding hydrogens is 521 g/mol. The molecule has 0 bridgehead atoms. The Hall–Kier alpha value is -3.47. The standard InChI is InChI=1S/C29H34FN3O5S/c1-19-5-7-22(8-6-19)23-9-14-28-26(15-23)38-27(20(2)16-33(21(3)18-34)39(28,36)37)17-32(4)29(35)31-25-12-10-24(30)11-13-25/h5-15,20-21,27,34H,16-18H2,1-4H3,(H,31,35)/t20-,21-,27-/m1/s1. The van der Waals surface area contributed by atoms with Crippen LogP contribution in [-0.4, -0.2) is 67.7 Å². The van der Waals surface area contributed by atoms with Crippen LogP contribution in [0.4, 0.5) is 14.9 Å². The van der Waals surface area contributed by atoms with E-state index < -0.39 is 34.0 Å². The SMILES string of the molecule is Cc1ccc(-c2ccc3c(c2)O[C@H](CN(C)C(=O)Nc2ccc(F)cc2)[C@H](C)CN([C@H](C)CO)S3(=O)=O)cc1. The molecule has 3 aromatic rings. The molecule has 8 nitrogen and oxygen atoms in total. The van der Waals surface area contributed by atoms with Crippen LogP contribution in [0.15, 0.2) is 71.6 Å². The Labute approximate surface area is 229 Å². The lowest BCUT2D eigenvalue weighted by Crippen LogP contribution is -2.50. The van der Waals surface area contributed by atoms with E-state index in [9.17, 15) is 22.7 Å². The number of sulfonamides is 1. The van der Waals surface area contributed by atoms with Crippen molar-refractivity contribution >= 4 is 21.7 Å². The van der Waals surface area contributed by atoms with Gasteiger partial charge >= 0.3 is 6.03 Å². The number of rotatable bonds is 6. The van der Waals surface area contributed by atoms with Gasteiger partial charge in [-0.15, -0.1) is 0 Å². The lowest BCUT2D eigenvalue weighted by molar-refractivity contribution is 0.0830. The number of ether oxygens (including phenoxy) is 1. The molecule has 10 heteroatoms. The molecular formula is C29H34FN3O5S. The summed E-state index contributed by atoms with van der Waals surface area (Å²) in [6.45, 7) is 5.42. The van der Waals surface area contributed by atoms with Crippen molar-refractivity contribution in [2.75, 3.05) is 32.1 Å². The summed E-state index contributed by atoms with van der Waals surface area (Å²) >= 11 is 0. The third kappa shape index (κ3) is 6.41. The van der Waals surface area contributed by atoms with Crippen molar-refractivity contribution in [3.8, 4) is 16.9 Å². The number of benzene rings is 3. The third-order valence-electron chi connectivity index (χ3n) is 6.95. The maximum absolute atomic E-state index is 13.7. The van der Waals surface area contributed by atoms with Crippen molar-refractivity contribution in [3.63, 3.8) is 0 Å². The van der Waals surface area contributed by atoms with Crippen LogP contribution in [0.2, 0.25) is 0 Å². The van der Waals surface area contributed by atoms with Gasteiger partial charge in [-0.05, 0) is 61.4 Å². The number of hydrogen-bond acceptors (Lipinski definition) is 5. The van der Waals surface area contributed by atoms with E-state index in [2.05, 4.69) is 5.32 Å². The normalized spacial score (nSPS) is 19.6. The van der Waals surface area contributed by atoms with Crippen molar-refractivity contribution in [2.45, 2.75) is 37.8 Å². The molecule has 0 radical (unpaired) electrons. The third-order valence-corrected chi connectivity index (χ3v) is 8.97. The van der Waals surface area contributed by atoms with E-state index in [1.807, 2.05) is 38.1 Å². The number of urea groups is 1. The molecule has 2 amide bonds. The van der Waals surface area contributed by atoms with Crippen LogP contribution in [0.3, 0.4) is 0 Å². The highest BCUT2D eigenvalue weighted by atomic mass is 32.2. The van der Waals surface area contributed by atoms with E-state index in [0.717, 1.165) is 16.7 Å². The van der Waals surface area contributed by atoms with Gasteiger partial charge in [-0.1, -0.05) is 42.8 Å². The van der Waals surface area contributed by atoms with Crippen LogP contribution in [0.1, 0.15) is 19.4 Å². The van der Waals surface area contributed by atoms with Crippen LogP contribution in [0.25, 0.3) is 11.1 Å². The molecule has 0 spiro atoms. The molecule has 4 rings (SSSR count). The van der Waals surface area contributed by atoms with Gasteiger partial charge in [0.2, 0.25) is 10.0 Å². The second kappa shape index (κ2) is 11.7. The van der Waals surface area contributed by atoms with E-state index in [1.54, 1.807) is 26.1 Å². The zero-order valence-electron chi connectivity index (χ0n) is 22.5. The summed E-state index contributed by atoms with van der Waals surface area (Å²) in [7, 11) is -2.37. The number of carbonyl (C=O) groups is 1. The van der Waals surface area contributed by atoms with Crippen LogP contribution >= 0.6 is 0 Å². The fourth-order valence-electron chi connectivity index (χ4n) is 4.47. The van der Waals surface area contributed by atoms with Crippen molar-refractivity contribution in [1.82, 2.24) is 9.21 Å². The van der Waals surface area contributed by atoms with Gasteiger partial charge in [-0.2, -0.15) is 4.31 Å². The average molecular weight is 556 g/mol. The molecule has 0 aromatic heterocycles. The van der Waals surface area contributed by atoms with E-state index in [4.69, 9.17) is 4.74 Å². The minimum absolute atomic E-state index is 0.00831. The van der Waals surface area contributed by atoms with Crippen LogP contribution in [-0.2, 0) is 10.0 Å². The largest absolute Gasteiger partial charge is 0.487 e. The number of nitrogens with zero attached hydrogens (tertiary/aromatic N) is 2. The molecule has 208 valence electrons. The highest BCUT2D eigenvalue weighted by Crippen LogP contribution is 2.36. The molecule has 3 aromatic carbocycles. The van der Waals surface area contributed by atoms with Gasteiger partial charge in [0.05, 0.1) is 13.2 Å². The monoisotopic (exact) mass is 555 g/mol. The van der Waals surface area contributed by atoms with Gasteiger partial charge in [-0.25, -0.2) is 17.6 Å². The van der Waals surface area contributed by atoms with E-state index >= 15 is 0 Å². The molecule has 0 saturated heterocycles. The number of amides is 2. The predicted molar refractivity (Wildman–Crippen MR) is 149 cm³/mol. The summed E-state index contributed by atoms with van der Waals surface area (Å²) in [5.41, 5.74) is 3.25. The van der Waals surface area contributed by atoms with Gasteiger partial charge in [0.1, 0.15) is 22.6 Å². The Morgan fingerprint density at radius 1 is 1.13 bits per heavy atom. The fraction of sp³-hybridized carbons (Fsp3) is 0.345. The number of aliphatic hydroxyl groups excluding tert-OH is 1. The lowest BCUT2D eigenvalue weighted by atomic mass is 10.0. The Morgan fingerprint density at radius 2 is 1.77 bits per heavy atom. The molecule has 1 heterocycles. The maximum Gasteiger partial charge on any atom is 0.321 e. The van der Waals surface area contributed by atoms with Crippen molar-refractivity contribution < 1.29 is 27.4 Å². The first-order valence-corrected chi connectivity index (χ1v) is 14.2. The second-order valence-electron chi connectivity index (χ2n) is 10.1. The molecule has 0 aliphatic carbocycles. The average Bonchev–Trinajstić information content (AvgIpc) is 2.91. The molecule has 1 aliphatic rings. The Balaban J connectivity index is 1.68. The van der Waals surface area contributed by atoms with Gasteiger partial charge in [0.15, 0.2) is 0 Å². The maximum atomic E-state index is 13.7. The molecule has 3 atom stereocenters. The molecule has 0 fully saturated rings. The number of carbonyl (C=O) groups excluding carboxylic acids is 1. The summed E-state index contributed by atoms with van der Waals surface area (Å²) in [4.78, 5) is 14.3. The van der Waals surface area contributed by atoms with E-state index in [0.29, 0.717) is 5.69 Å². The molecule has 39 heavy (non-hydrogen) atoms. The smallest absolute Gasteiger partial charge is 0.321 e. The summed E-state index contributed by atoms with van der Waals surface area (Å²) < 4.78 is 48.4. The van der Waals surface area contributed by atoms with Gasteiger partial charge in [0.25, 0.3) is 0 Å². The number of hydrogen-bond donors (Lipinski definition) is 2. The number of likely N-dealkylation sites (N-methyl/N-ethyl adjacent to an activating group) is 1. The Bertz CT molecular complexity index is 1410. The number of aliphatic hydroxyl groups is 1. The quantitative estimate of drug-likeness (QED) is 0.458. The fourth-order valence-corrected chi connectivity index (χ4v) is 6.30. The summed E-state index contributed by atoms with van der Waals surface area (Å²) in [5, 5.41) is 12.6. The molecule has 0 unspecified atom stereocenters. The zero-order valence-corrected chi connectivity index (χ0v) is 23.3. The summed E-state index contributed by atoms with van der Waals surface area (Å²) in [6.07, 6.45) is -0.565. The number of anilines is 1. The van der Waals surface area contributed by atoms with Crippen molar-refractivity contribution in [3.05, 3.63) is 78.1 Å². The van der Waals surface area contributed by atoms with E-state index in [1.165, 1.54) is 39.5 Å². The predicted octanol–water partition coefficient (Wildman–Crippen LogP) is 4.73. The Morgan fingerprint density at radius 3 is 2.41 bits per heavy atom. The number of aryl methyl sites for hydroxylation is 1. The van der Waals surface area contributed by atoms with Gasteiger partial charge in [0, 0.05) is 31.2 Å². The molecule has 0 saturated carbocycles. The first-order chi connectivity index (χ1) is 18.5. The van der Waals surface area contributed by atoms with Crippen LogP contribution in [0, 0.1) is 18.7 Å². The van der Waals surface area contributed by atoms with Gasteiger partial charge < -0.3 is 20.1 Å². The highest BCUT2D eigenvalue weighted by Gasteiger charge is 2.38. The number of halogens is 1. The minimum Gasteiger partial charge on any atom is -0.487 e. The van der Waals surface area contributed by atoms with Gasteiger partial charge in [-0.3, -0.25) is 0 Å². The van der Waals surface area contributed by atoms with Crippen LogP contribution in [0.5, 0.6) is 5.75 Å². The lowest BCUT2D eigenvalue weighted by Gasteiger charge is -2.37. The molecule has 1 aliphatic heterocycles. The first kappa shape index (κ1) is 28.5. The van der Waals surface area contributed by atoms with Crippen molar-refractivity contribution in [1.29, 1.82) is 0 Å². The van der Waals surface area contributed by atoms with Crippen LogP contribution < -0.4 is 10.1 Å². The van der Waals surface area contributed by atoms with E-state index in [-0.39, 0.29) is 36.3 Å². The minimum atomic E-state index is -3.98. The topological polar surface area (TPSA) is 99.2 Å². The Kier molecular flexibility index (Phi) is 8.58.